The Hall–Kier alpha value is -3.40. The molecule has 0 saturated heterocycles. The number of carbonyl (C=O) groups is 2. The van der Waals surface area contributed by atoms with Crippen LogP contribution in [0, 0.1) is 11.8 Å². The quantitative estimate of drug-likeness (QED) is 0.604. The molecule has 5 rings (SSSR count). The number of amides is 2. The second kappa shape index (κ2) is 7.79. The smallest absolute Gasteiger partial charge is 0.228 e. The third kappa shape index (κ3) is 3.99. The lowest BCUT2D eigenvalue weighted by Crippen LogP contribution is -2.16. The van der Waals surface area contributed by atoms with Crippen LogP contribution in [-0.2, 0) is 9.59 Å². The maximum atomic E-state index is 12.6. The number of hydrogen-bond acceptors (Lipinski definition) is 2. The lowest BCUT2D eigenvalue weighted by atomic mass is 10.1. The van der Waals surface area contributed by atoms with Crippen molar-refractivity contribution in [3.05, 3.63) is 96.1 Å². The zero-order valence-corrected chi connectivity index (χ0v) is 16.6. The first-order valence-corrected chi connectivity index (χ1v) is 10.5. The summed E-state index contributed by atoms with van der Waals surface area (Å²) in [5.41, 5.74) is 3.87. The van der Waals surface area contributed by atoms with Gasteiger partial charge in [-0.3, -0.25) is 9.59 Å². The molecule has 0 bridgehead atoms. The van der Waals surface area contributed by atoms with E-state index in [9.17, 15) is 9.59 Å². The van der Waals surface area contributed by atoms with Gasteiger partial charge in [0.1, 0.15) is 0 Å². The van der Waals surface area contributed by atoms with Crippen molar-refractivity contribution in [3.63, 3.8) is 0 Å². The Bertz CT molecular complexity index is 982. The Morgan fingerprint density at radius 3 is 1.47 bits per heavy atom. The summed E-state index contributed by atoms with van der Waals surface area (Å²) in [7, 11) is 0. The fourth-order valence-electron chi connectivity index (χ4n) is 4.25. The fourth-order valence-corrected chi connectivity index (χ4v) is 4.25. The van der Waals surface area contributed by atoms with Crippen molar-refractivity contribution in [1.82, 2.24) is 0 Å². The molecule has 4 nitrogen and oxygen atoms in total. The van der Waals surface area contributed by atoms with E-state index in [0.29, 0.717) is 23.2 Å². The van der Waals surface area contributed by atoms with E-state index in [-0.39, 0.29) is 23.7 Å². The number of nitrogens with one attached hydrogen (secondary N) is 2. The van der Waals surface area contributed by atoms with E-state index in [1.165, 1.54) is 11.1 Å². The molecular weight excluding hydrogens is 372 g/mol. The molecule has 0 aromatic heterocycles. The molecule has 0 spiro atoms. The van der Waals surface area contributed by atoms with Gasteiger partial charge in [0.05, 0.1) is 0 Å². The number of rotatable bonds is 6. The highest BCUT2D eigenvalue weighted by molar-refractivity contribution is 5.98. The highest BCUT2D eigenvalue weighted by Gasteiger charge is 2.44. The molecule has 0 radical (unpaired) electrons. The van der Waals surface area contributed by atoms with E-state index < -0.39 is 0 Å². The second-order valence-corrected chi connectivity index (χ2v) is 8.28. The van der Waals surface area contributed by atoms with Crippen LogP contribution < -0.4 is 10.6 Å². The number of benzene rings is 3. The molecule has 2 N–H and O–H groups in total. The highest BCUT2D eigenvalue weighted by atomic mass is 16.2. The van der Waals surface area contributed by atoms with Crippen molar-refractivity contribution >= 4 is 23.2 Å². The van der Waals surface area contributed by atoms with Crippen LogP contribution in [0.5, 0.6) is 0 Å². The molecule has 4 heteroatoms. The van der Waals surface area contributed by atoms with E-state index in [2.05, 4.69) is 34.9 Å². The molecular formula is C26H24N2O2. The van der Waals surface area contributed by atoms with Gasteiger partial charge in [0.25, 0.3) is 0 Å². The second-order valence-electron chi connectivity index (χ2n) is 8.28. The van der Waals surface area contributed by atoms with Crippen molar-refractivity contribution in [2.24, 2.45) is 11.8 Å². The third-order valence-electron chi connectivity index (χ3n) is 6.11. The normalized spacial score (nSPS) is 24.0. The Morgan fingerprint density at radius 2 is 1.03 bits per heavy atom. The third-order valence-corrected chi connectivity index (χ3v) is 6.11. The molecule has 4 atom stereocenters. The van der Waals surface area contributed by atoms with Crippen molar-refractivity contribution in [1.29, 1.82) is 0 Å². The van der Waals surface area contributed by atoms with Crippen molar-refractivity contribution in [3.8, 4) is 0 Å². The Labute approximate surface area is 176 Å². The first-order valence-electron chi connectivity index (χ1n) is 10.5. The fraction of sp³-hybridized carbons (Fsp3) is 0.231. The number of hydrogen-bond donors (Lipinski definition) is 2. The Morgan fingerprint density at radius 1 is 0.600 bits per heavy atom. The lowest BCUT2D eigenvalue weighted by molar-refractivity contribution is -0.118. The number of anilines is 2. The highest BCUT2D eigenvalue weighted by Crippen LogP contribution is 2.48. The van der Waals surface area contributed by atoms with Gasteiger partial charge in [-0.15, -0.1) is 0 Å². The van der Waals surface area contributed by atoms with Gasteiger partial charge >= 0.3 is 0 Å². The van der Waals surface area contributed by atoms with Crippen LogP contribution in [0.4, 0.5) is 11.4 Å². The standard InChI is InChI=1S/C26H24N2O2/c29-25(23-15-21(23)17-8-3-1-4-9-17)27-19-12-7-13-20(14-19)28-26(30)24-16-22(24)18-10-5-2-6-11-18/h1-14,21-24H,15-16H2,(H,27,29)(H,28,30)/t21-,22-,23-,24+/m1/s1. The van der Waals surface area contributed by atoms with Crippen LogP contribution in [0.3, 0.4) is 0 Å². The van der Waals surface area contributed by atoms with E-state index in [0.717, 1.165) is 12.8 Å². The van der Waals surface area contributed by atoms with Gasteiger partial charge < -0.3 is 10.6 Å². The van der Waals surface area contributed by atoms with Gasteiger partial charge in [-0.2, -0.15) is 0 Å². The molecule has 2 aliphatic carbocycles. The summed E-state index contributed by atoms with van der Waals surface area (Å²) in [6.07, 6.45) is 1.77. The first-order chi connectivity index (χ1) is 14.7. The Balaban J connectivity index is 1.17. The molecule has 2 saturated carbocycles. The molecule has 0 unspecified atom stereocenters. The van der Waals surface area contributed by atoms with E-state index >= 15 is 0 Å². The molecule has 2 aliphatic rings. The minimum atomic E-state index is 0.0174. The van der Waals surface area contributed by atoms with Gasteiger partial charge in [0.15, 0.2) is 0 Å². The summed E-state index contributed by atoms with van der Waals surface area (Å²) in [4.78, 5) is 25.2. The van der Waals surface area contributed by atoms with Crippen molar-refractivity contribution in [2.45, 2.75) is 24.7 Å². The van der Waals surface area contributed by atoms with E-state index in [4.69, 9.17) is 0 Å². The largest absolute Gasteiger partial charge is 0.326 e. The predicted molar refractivity (Wildman–Crippen MR) is 118 cm³/mol. The molecule has 3 aromatic rings. The number of carbonyl (C=O) groups excluding carboxylic acids is 2. The van der Waals surface area contributed by atoms with E-state index in [1.807, 2.05) is 60.7 Å². The van der Waals surface area contributed by atoms with E-state index in [1.54, 1.807) is 0 Å². The van der Waals surface area contributed by atoms with Crippen LogP contribution in [0.1, 0.15) is 35.8 Å². The Kier molecular flexibility index (Phi) is 4.83. The summed E-state index contributed by atoms with van der Waals surface area (Å²) in [5, 5.41) is 6.01. The molecule has 2 fully saturated rings. The summed E-state index contributed by atoms with van der Waals surface area (Å²) in [6.45, 7) is 0. The van der Waals surface area contributed by atoms with Gasteiger partial charge in [-0.05, 0) is 54.0 Å². The van der Waals surface area contributed by atoms with Crippen molar-refractivity contribution < 1.29 is 9.59 Å². The molecule has 0 heterocycles. The molecule has 0 aliphatic heterocycles. The first kappa shape index (κ1) is 18.6. The zero-order chi connectivity index (χ0) is 20.5. The summed E-state index contributed by atoms with van der Waals surface area (Å²) >= 11 is 0. The summed E-state index contributed by atoms with van der Waals surface area (Å²) in [5.74, 6) is 0.725. The maximum absolute atomic E-state index is 12.6. The van der Waals surface area contributed by atoms with Gasteiger partial charge in [0, 0.05) is 23.2 Å². The van der Waals surface area contributed by atoms with Crippen molar-refractivity contribution in [2.75, 3.05) is 10.6 Å². The zero-order valence-electron chi connectivity index (χ0n) is 16.6. The average Bonchev–Trinajstić information content (AvgIpc) is 3.69. The van der Waals surface area contributed by atoms with Gasteiger partial charge in [-0.1, -0.05) is 66.7 Å². The van der Waals surface area contributed by atoms with Crippen LogP contribution >= 0.6 is 0 Å². The van der Waals surface area contributed by atoms with Crippen LogP contribution in [0.2, 0.25) is 0 Å². The van der Waals surface area contributed by atoms with Crippen LogP contribution in [0.15, 0.2) is 84.9 Å². The predicted octanol–water partition coefficient (Wildman–Crippen LogP) is 5.17. The minimum Gasteiger partial charge on any atom is -0.326 e. The van der Waals surface area contributed by atoms with Gasteiger partial charge in [0.2, 0.25) is 11.8 Å². The molecule has 2 amide bonds. The minimum absolute atomic E-state index is 0.0174. The summed E-state index contributed by atoms with van der Waals surface area (Å²) < 4.78 is 0. The molecule has 3 aromatic carbocycles. The SMILES string of the molecule is O=C(Nc1cccc(NC(=O)[C@@H]2C[C@@H]2c2ccccc2)c1)[C@H]1C[C@@H]1c1ccccc1. The molecule has 150 valence electrons. The summed E-state index contributed by atoms with van der Waals surface area (Å²) in [6, 6.07) is 27.7. The molecule has 30 heavy (non-hydrogen) atoms. The topological polar surface area (TPSA) is 58.2 Å². The average molecular weight is 396 g/mol. The lowest BCUT2D eigenvalue weighted by Gasteiger charge is -2.09. The maximum Gasteiger partial charge on any atom is 0.228 e. The van der Waals surface area contributed by atoms with Crippen LogP contribution in [0.25, 0.3) is 0 Å². The monoisotopic (exact) mass is 396 g/mol. The van der Waals surface area contributed by atoms with Gasteiger partial charge in [-0.25, -0.2) is 0 Å². The van der Waals surface area contributed by atoms with Crippen LogP contribution in [-0.4, -0.2) is 11.8 Å².